The molecule has 1 N–H and O–H groups in total. The highest BCUT2D eigenvalue weighted by Gasteiger charge is 2.17. The molecular formula is C23H27F2N3O3. The van der Waals surface area contributed by atoms with E-state index >= 15 is 0 Å². The Labute approximate surface area is 181 Å². The van der Waals surface area contributed by atoms with Crippen LogP contribution in [-0.4, -0.2) is 57.8 Å². The molecule has 0 radical (unpaired) electrons. The molecule has 1 fully saturated rings. The number of nitrogens with one attached hydrogen (secondary N) is 1. The number of nitrogens with zero attached hydrogens (tertiary/aromatic N) is 2. The molecule has 0 atom stereocenters. The molecule has 0 unspecified atom stereocenters. The predicted octanol–water partition coefficient (Wildman–Crippen LogP) is 3.38. The fraction of sp³-hybridized carbons (Fsp3) is 0.348. The van der Waals surface area contributed by atoms with E-state index in [0.29, 0.717) is 12.1 Å². The van der Waals surface area contributed by atoms with E-state index in [9.17, 15) is 13.6 Å². The van der Waals surface area contributed by atoms with Gasteiger partial charge in [0.1, 0.15) is 0 Å². The van der Waals surface area contributed by atoms with Crippen molar-refractivity contribution in [3.8, 4) is 11.5 Å². The Morgan fingerprint density at radius 2 is 1.87 bits per heavy atom. The predicted molar refractivity (Wildman–Crippen MR) is 117 cm³/mol. The maximum atomic E-state index is 12.7. The van der Waals surface area contributed by atoms with Crippen molar-refractivity contribution in [1.82, 2.24) is 10.2 Å². The smallest absolute Gasteiger partial charge is 0.387 e. The minimum atomic E-state index is -3.00. The van der Waals surface area contributed by atoms with Crippen molar-refractivity contribution in [2.45, 2.75) is 13.2 Å². The molecule has 0 saturated carbocycles. The number of methoxy groups -OCH3 is 1. The van der Waals surface area contributed by atoms with Crippen molar-refractivity contribution in [2.24, 2.45) is 0 Å². The summed E-state index contributed by atoms with van der Waals surface area (Å²) in [6.07, 6.45) is 2.73. The van der Waals surface area contributed by atoms with Gasteiger partial charge in [0.15, 0.2) is 11.5 Å². The number of likely N-dealkylation sites (N-methyl/N-ethyl adjacent to an activating group) is 1. The second-order valence-electron chi connectivity index (χ2n) is 7.23. The molecule has 31 heavy (non-hydrogen) atoms. The Bertz CT molecular complexity index is 913. The zero-order valence-corrected chi connectivity index (χ0v) is 17.7. The number of rotatable bonds is 8. The number of alkyl halides is 2. The molecule has 2 aromatic carbocycles. The van der Waals surface area contributed by atoms with Gasteiger partial charge >= 0.3 is 6.61 Å². The van der Waals surface area contributed by atoms with Crippen molar-refractivity contribution < 1.29 is 23.0 Å². The summed E-state index contributed by atoms with van der Waals surface area (Å²) in [6.45, 7) is 1.22. The molecule has 1 heterocycles. The summed E-state index contributed by atoms with van der Waals surface area (Å²) in [5.41, 5.74) is 2.46. The van der Waals surface area contributed by atoms with Crippen LogP contribution in [0.5, 0.6) is 11.5 Å². The Morgan fingerprint density at radius 1 is 1.13 bits per heavy atom. The number of amides is 1. The average molecular weight is 431 g/mol. The molecule has 0 bridgehead atoms. The number of ether oxygens (including phenoxy) is 2. The number of hydrogen-bond acceptors (Lipinski definition) is 5. The van der Waals surface area contributed by atoms with E-state index in [0.717, 1.165) is 37.4 Å². The largest absolute Gasteiger partial charge is 0.493 e. The average Bonchev–Trinajstić information content (AvgIpc) is 2.77. The van der Waals surface area contributed by atoms with Crippen LogP contribution in [0.2, 0.25) is 0 Å². The summed E-state index contributed by atoms with van der Waals surface area (Å²) in [5.74, 6) is -0.271. The quantitative estimate of drug-likeness (QED) is 0.650. The zero-order chi connectivity index (χ0) is 22.2. The highest BCUT2D eigenvalue weighted by molar-refractivity contribution is 5.92. The van der Waals surface area contributed by atoms with Crippen LogP contribution in [0.25, 0.3) is 6.08 Å². The van der Waals surface area contributed by atoms with E-state index in [1.165, 1.54) is 25.3 Å². The van der Waals surface area contributed by atoms with Crippen molar-refractivity contribution in [2.75, 3.05) is 45.2 Å². The molecule has 0 spiro atoms. The van der Waals surface area contributed by atoms with Gasteiger partial charge in [-0.2, -0.15) is 8.78 Å². The van der Waals surface area contributed by atoms with Crippen LogP contribution in [0, 0.1) is 0 Å². The number of piperazine rings is 1. The molecule has 166 valence electrons. The molecule has 6 nitrogen and oxygen atoms in total. The standard InChI is InChI=1S/C23H27F2N3O3/c1-27-12-14-28(15-13-27)19-8-4-3-6-18(19)16-26-21(29)11-10-17-7-5-9-20(30-2)22(17)31-23(24)25/h3-11,23H,12-16H2,1-2H3,(H,26,29)/b11-10+. The fourth-order valence-corrected chi connectivity index (χ4v) is 3.46. The van der Waals surface area contributed by atoms with Crippen molar-refractivity contribution in [3.63, 3.8) is 0 Å². The Morgan fingerprint density at radius 3 is 2.58 bits per heavy atom. The van der Waals surface area contributed by atoms with Gasteiger partial charge < -0.3 is 24.6 Å². The number of hydrogen-bond donors (Lipinski definition) is 1. The lowest BCUT2D eigenvalue weighted by Gasteiger charge is -2.35. The third-order valence-electron chi connectivity index (χ3n) is 5.14. The molecule has 2 aromatic rings. The molecule has 0 aromatic heterocycles. The van der Waals surface area contributed by atoms with Gasteiger partial charge in [-0.3, -0.25) is 4.79 Å². The number of carbonyl (C=O) groups excluding carboxylic acids is 1. The Hall–Kier alpha value is -3.13. The second kappa shape index (κ2) is 10.8. The summed E-state index contributed by atoms with van der Waals surface area (Å²) in [5, 5.41) is 2.86. The molecule has 1 aliphatic rings. The number of benzene rings is 2. The number of carbonyl (C=O) groups is 1. The highest BCUT2D eigenvalue weighted by Crippen LogP contribution is 2.33. The zero-order valence-electron chi connectivity index (χ0n) is 17.7. The highest BCUT2D eigenvalue weighted by atomic mass is 19.3. The molecular weight excluding hydrogens is 404 g/mol. The van der Waals surface area contributed by atoms with Crippen LogP contribution in [0.4, 0.5) is 14.5 Å². The van der Waals surface area contributed by atoms with E-state index in [1.807, 2.05) is 18.2 Å². The van der Waals surface area contributed by atoms with Gasteiger partial charge in [0, 0.05) is 50.1 Å². The third-order valence-corrected chi connectivity index (χ3v) is 5.14. The molecule has 1 amide bonds. The molecule has 0 aliphatic carbocycles. The first-order chi connectivity index (χ1) is 15.0. The van der Waals surface area contributed by atoms with Gasteiger partial charge in [0.25, 0.3) is 0 Å². The van der Waals surface area contributed by atoms with Gasteiger partial charge in [-0.05, 0) is 30.8 Å². The minimum absolute atomic E-state index is 0.107. The maximum Gasteiger partial charge on any atom is 0.387 e. The minimum Gasteiger partial charge on any atom is -0.493 e. The Balaban J connectivity index is 1.66. The molecule has 8 heteroatoms. The maximum absolute atomic E-state index is 12.7. The van der Waals surface area contributed by atoms with E-state index in [4.69, 9.17) is 4.74 Å². The van der Waals surface area contributed by atoms with Crippen LogP contribution >= 0.6 is 0 Å². The van der Waals surface area contributed by atoms with E-state index in [2.05, 4.69) is 33.0 Å². The topological polar surface area (TPSA) is 54.0 Å². The normalized spacial score (nSPS) is 14.8. The van der Waals surface area contributed by atoms with Gasteiger partial charge in [-0.25, -0.2) is 0 Å². The van der Waals surface area contributed by atoms with E-state index < -0.39 is 6.61 Å². The molecule has 1 aliphatic heterocycles. The van der Waals surface area contributed by atoms with Crippen LogP contribution in [0.3, 0.4) is 0 Å². The molecule has 1 saturated heterocycles. The number of halogens is 2. The Kier molecular flexibility index (Phi) is 7.83. The summed E-state index contributed by atoms with van der Waals surface area (Å²) in [6, 6.07) is 12.7. The van der Waals surface area contributed by atoms with E-state index in [-0.39, 0.29) is 17.4 Å². The monoisotopic (exact) mass is 431 g/mol. The van der Waals surface area contributed by atoms with Crippen molar-refractivity contribution in [3.05, 3.63) is 59.7 Å². The van der Waals surface area contributed by atoms with Crippen molar-refractivity contribution >= 4 is 17.7 Å². The van der Waals surface area contributed by atoms with Gasteiger partial charge in [-0.15, -0.1) is 0 Å². The summed E-state index contributed by atoms with van der Waals surface area (Å²) >= 11 is 0. The van der Waals surface area contributed by atoms with Crippen molar-refractivity contribution in [1.29, 1.82) is 0 Å². The van der Waals surface area contributed by atoms with Gasteiger partial charge in [-0.1, -0.05) is 30.3 Å². The van der Waals surface area contributed by atoms with Gasteiger partial charge in [0.2, 0.25) is 5.91 Å². The third kappa shape index (κ3) is 6.18. The van der Waals surface area contributed by atoms with Gasteiger partial charge in [0.05, 0.1) is 7.11 Å². The van der Waals surface area contributed by atoms with E-state index in [1.54, 1.807) is 12.1 Å². The first-order valence-corrected chi connectivity index (χ1v) is 10.1. The second-order valence-corrected chi connectivity index (χ2v) is 7.23. The number of anilines is 1. The molecule has 3 rings (SSSR count). The number of para-hydroxylation sites is 2. The summed E-state index contributed by atoms with van der Waals surface area (Å²) in [4.78, 5) is 17.0. The summed E-state index contributed by atoms with van der Waals surface area (Å²) in [7, 11) is 3.47. The first-order valence-electron chi connectivity index (χ1n) is 10.1. The van der Waals surface area contributed by atoms with Crippen LogP contribution in [0.15, 0.2) is 48.5 Å². The lowest BCUT2D eigenvalue weighted by molar-refractivity contribution is -0.116. The fourth-order valence-electron chi connectivity index (χ4n) is 3.46. The van der Waals surface area contributed by atoms with Crippen LogP contribution in [0.1, 0.15) is 11.1 Å². The lowest BCUT2D eigenvalue weighted by atomic mass is 10.1. The first kappa shape index (κ1) is 22.6. The van der Waals surface area contributed by atoms with Crippen LogP contribution in [-0.2, 0) is 11.3 Å². The lowest BCUT2D eigenvalue weighted by Crippen LogP contribution is -2.45. The SMILES string of the molecule is COc1cccc(/C=C/C(=O)NCc2ccccc2N2CCN(C)CC2)c1OC(F)F. The summed E-state index contributed by atoms with van der Waals surface area (Å²) < 4.78 is 35.1. The van der Waals surface area contributed by atoms with Crippen LogP contribution < -0.4 is 19.7 Å².